The predicted molar refractivity (Wildman–Crippen MR) is 163 cm³/mol. The molecule has 1 spiro atoms. The predicted octanol–water partition coefficient (Wildman–Crippen LogP) is 5.45. The highest BCUT2D eigenvalue weighted by Gasteiger charge is 2.67. The molecule has 2 aromatic carbocycles. The summed E-state index contributed by atoms with van der Waals surface area (Å²) in [6.07, 6.45) is 4.64. The van der Waals surface area contributed by atoms with Crippen LogP contribution in [0.1, 0.15) is 55.6 Å². The number of rotatable bonds is 8. The molecule has 0 radical (unpaired) electrons. The number of nitrogens with two attached hydrogens (primary N) is 1. The van der Waals surface area contributed by atoms with E-state index >= 15 is 8.78 Å². The minimum absolute atomic E-state index is 0.00856. The van der Waals surface area contributed by atoms with Gasteiger partial charge in [0, 0.05) is 11.6 Å². The van der Waals surface area contributed by atoms with E-state index in [1.54, 1.807) is 32.1 Å². The van der Waals surface area contributed by atoms with E-state index in [0.717, 1.165) is 0 Å². The second kappa shape index (κ2) is 11.8. The van der Waals surface area contributed by atoms with Crippen molar-refractivity contribution in [3.63, 3.8) is 0 Å². The van der Waals surface area contributed by atoms with Crippen molar-refractivity contribution in [2.45, 2.75) is 58.5 Å². The minimum Gasteiger partial charge on any atom is -0.495 e. The zero-order valence-electron chi connectivity index (χ0n) is 25.2. The lowest BCUT2D eigenvalue weighted by Crippen LogP contribution is -2.50. The average Bonchev–Trinajstić information content (AvgIpc) is 3.40. The highest BCUT2D eigenvalue weighted by atomic mass is 19.1. The normalized spacial score (nSPS) is 23.4. The van der Waals surface area contributed by atoms with Gasteiger partial charge in [-0.05, 0) is 61.1 Å². The summed E-state index contributed by atoms with van der Waals surface area (Å²) in [5.74, 6) is -4.44. The fourth-order valence-electron chi connectivity index (χ4n) is 6.07. The molecule has 2 aliphatic heterocycles. The molecule has 228 valence electrons. The Hall–Kier alpha value is -4.31. The second-order valence-corrected chi connectivity index (χ2v) is 12.4. The zero-order valence-corrected chi connectivity index (χ0v) is 25.2. The Balaban J connectivity index is 1.91. The molecule has 2 aromatic rings. The van der Waals surface area contributed by atoms with Crippen molar-refractivity contribution >= 4 is 29.1 Å². The van der Waals surface area contributed by atoms with Gasteiger partial charge in [0.15, 0.2) is 0 Å². The van der Waals surface area contributed by atoms with E-state index in [9.17, 15) is 14.4 Å². The van der Waals surface area contributed by atoms with Gasteiger partial charge in [-0.2, -0.15) is 0 Å². The van der Waals surface area contributed by atoms with Crippen molar-refractivity contribution in [2.75, 3.05) is 17.7 Å². The van der Waals surface area contributed by atoms with E-state index in [-0.39, 0.29) is 28.1 Å². The maximum Gasteiger partial charge on any atom is 0.248 e. The molecule has 10 heteroatoms. The number of benzene rings is 2. The van der Waals surface area contributed by atoms with E-state index in [1.165, 1.54) is 37.5 Å². The number of amides is 3. The molecule has 0 aliphatic carbocycles. The fraction of sp³-hybridized carbons (Fsp3) is 0.364. The van der Waals surface area contributed by atoms with Crippen LogP contribution in [0.4, 0.5) is 20.2 Å². The molecule has 4 atom stereocenters. The number of nitrogens with one attached hydrogen (secondary N) is 3. The standard InChI is InChI=1S/C33H38F2N4O4/c1-17(2)9-8-10-21(34)25-28(30(41)37-22-14-12-19(29(36)40)15-23(22)43-7)38-24(16-32(4,5)6)33(25)20-13-11-18(3)26(35)27(20)39-31(33)42/h8-15,24-25,28,38H,1,16H2,2-7H3,(H2,36,40)(H,37,41)(H,39,42)/b9-8-,21-10-/t24?,25?,28-,33-/m1/s1. The lowest BCUT2D eigenvalue weighted by atomic mass is 9.64. The third-order valence-corrected chi connectivity index (χ3v) is 7.93. The van der Waals surface area contributed by atoms with Gasteiger partial charge >= 0.3 is 0 Å². The maximum absolute atomic E-state index is 16.6. The SMILES string of the molecule is C=C(C)/C=C\C=C(/F)C1[C@H](C(=O)Nc2ccc(C(N)=O)cc2OC)NC(CC(C)(C)C)[C@@]12C(=O)Nc1c2ccc(C)c1F. The Morgan fingerprint density at radius 2 is 1.93 bits per heavy atom. The Morgan fingerprint density at radius 1 is 1.23 bits per heavy atom. The quantitative estimate of drug-likeness (QED) is 0.304. The molecule has 4 rings (SSSR count). The van der Waals surface area contributed by atoms with Crippen molar-refractivity contribution in [2.24, 2.45) is 17.1 Å². The largest absolute Gasteiger partial charge is 0.495 e. The van der Waals surface area contributed by atoms with Gasteiger partial charge in [0.05, 0.1) is 30.4 Å². The zero-order chi connectivity index (χ0) is 31.9. The van der Waals surface area contributed by atoms with Crippen molar-refractivity contribution in [3.05, 3.63) is 89.0 Å². The molecule has 0 saturated carbocycles. The monoisotopic (exact) mass is 592 g/mol. The molecule has 5 N–H and O–H groups in total. The molecule has 1 saturated heterocycles. The summed E-state index contributed by atoms with van der Waals surface area (Å²) >= 11 is 0. The Labute approximate surface area is 250 Å². The van der Waals surface area contributed by atoms with Crippen LogP contribution in [-0.2, 0) is 15.0 Å². The number of hydrogen-bond acceptors (Lipinski definition) is 5. The highest BCUT2D eigenvalue weighted by Crippen LogP contribution is 2.55. The van der Waals surface area contributed by atoms with Gasteiger partial charge in [0.1, 0.15) is 22.8 Å². The van der Waals surface area contributed by atoms with Crippen molar-refractivity contribution < 1.29 is 27.9 Å². The minimum atomic E-state index is -1.66. The maximum atomic E-state index is 16.6. The number of anilines is 2. The number of aryl methyl sites for hydroxylation is 1. The first-order chi connectivity index (χ1) is 20.1. The second-order valence-electron chi connectivity index (χ2n) is 12.4. The number of allylic oxidation sites excluding steroid dienone is 4. The van der Waals surface area contributed by atoms with Gasteiger partial charge in [-0.3, -0.25) is 14.4 Å². The Morgan fingerprint density at radius 3 is 2.53 bits per heavy atom. The van der Waals surface area contributed by atoms with Gasteiger partial charge in [-0.15, -0.1) is 0 Å². The molecule has 0 aromatic heterocycles. The van der Waals surface area contributed by atoms with Gasteiger partial charge in [0.2, 0.25) is 17.7 Å². The molecule has 8 nitrogen and oxygen atoms in total. The third kappa shape index (κ3) is 5.84. The molecule has 2 unspecified atom stereocenters. The van der Waals surface area contributed by atoms with Gasteiger partial charge in [-0.25, -0.2) is 8.78 Å². The summed E-state index contributed by atoms with van der Waals surface area (Å²) in [7, 11) is 1.37. The highest BCUT2D eigenvalue weighted by molar-refractivity contribution is 6.10. The van der Waals surface area contributed by atoms with Crippen molar-refractivity contribution in [1.82, 2.24) is 5.32 Å². The first-order valence-corrected chi connectivity index (χ1v) is 14.0. The molecular formula is C33H38F2N4O4. The average molecular weight is 593 g/mol. The van der Waals surface area contributed by atoms with Crippen LogP contribution in [0.25, 0.3) is 0 Å². The van der Waals surface area contributed by atoms with Crippen LogP contribution in [0.5, 0.6) is 5.75 Å². The fourth-order valence-corrected chi connectivity index (χ4v) is 6.07. The summed E-state index contributed by atoms with van der Waals surface area (Å²) in [5.41, 5.74) is 5.05. The van der Waals surface area contributed by atoms with Gasteiger partial charge in [-0.1, -0.05) is 57.2 Å². The van der Waals surface area contributed by atoms with E-state index in [1.807, 2.05) is 20.8 Å². The Kier molecular flexibility index (Phi) is 8.65. The van der Waals surface area contributed by atoms with Crippen LogP contribution < -0.4 is 26.4 Å². The Bertz CT molecular complexity index is 1560. The van der Waals surface area contributed by atoms with Crippen LogP contribution in [0.15, 0.2) is 66.5 Å². The number of hydrogen-bond donors (Lipinski definition) is 4. The summed E-state index contributed by atoms with van der Waals surface area (Å²) in [4.78, 5) is 39.8. The van der Waals surface area contributed by atoms with E-state index < -0.39 is 52.8 Å². The van der Waals surface area contributed by atoms with Gasteiger partial charge < -0.3 is 26.4 Å². The number of methoxy groups -OCH3 is 1. The van der Waals surface area contributed by atoms with E-state index in [2.05, 4.69) is 22.5 Å². The number of carbonyl (C=O) groups excluding carboxylic acids is 3. The number of halogens is 2. The topological polar surface area (TPSA) is 123 Å². The van der Waals surface area contributed by atoms with Crippen molar-refractivity contribution in [3.8, 4) is 5.75 Å². The van der Waals surface area contributed by atoms with Crippen molar-refractivity contribution in [1.29, 1.82) is 0 Å². The summed E-state index contributed by atoms with van der Waals surface area (Å²) in [6.45, 7) is 13.0. The van der Waals surface area contributed by atoms with Crippen LogP contribution in [0.3, 0.4) is 0 Å². The molecule has 1 fully saturated rings. The third-order valence-electron chi connectivity index (χ3n) is 7.93. The number of carbonyl (C=O) groups is 3. The molecule has 0 bridgehead atoms. The number of fused-ring (bicyclic) bond motifs is 2. The molecule has 2 heterocycles. The van der Waals surface area contributed by atoms with E-state index in [0.29, 0.717) is 23.1 Å². The number of ether oxygens (including phenoxy) is 1. The summed E-state index contributed by atoms with van der Waals surface area (Å²) < 4.78 is 37.3. The first-order valence-electron chi connectivity index (χ1n) is 14.0. The molecule has 2 aliphatic rings. The lowest BCUT2D eigenvalue weighted by molar-refractivity contribution is -0.123. The van der Waals surface area contributed by atoms with Crippen LogP contribution in [-0.4, -0.2) is 36.9 Å². The van der Waals surface area contributed by atoms with E-state index in [4.69, 9.17) is 10.5 Å². The molecule has 43 heavy (non-hydrogen) atoms. The molecule has 3 amide bonds. The number of primary amides is 1. The first kappa shape index (κ1) is 31.6. The van der Waals surface area contributed by atoms with Crippen LogP contribution >= 0.6 is 0 Å². The molecular weight excluding hydrogens is 554 g/mol. The van der Waals surface area contributed by atoms with Crippen LogP contribution in [0.2, 0.25) is 0 Å². The lowest BCUT2D eigenvalue weighted by Gasteiger charge is -2.36. The van der Waals surface area contributed by atoms with Gasteiger partial charge in [0.25, 0.3) is 0 Å². The van der Waals surface area contributed by atoms with Crippen LogP contribution in [0, 0.1) is 24.1 Å². The summed E-state index contributed by atoms with van der Waals surface area (Å²) in [6, 6.07) is 5.46. The smallest absolute Gasteiger partial charge is 0.248 e. The summed E-state index contributed by atoms with van der Waals surface area (Å²) in [5, 5.41) is 8.72.